The normalized spacial score (nSPS) is 12.0. The van der Waals surface area contributed by atoms with Crippen LogP contribution in [0.4, 0.5) is 0 Å². The standard InChI is InChI=1S/C9H20Cl3N2OP/c10-2-6-13-5-1-9-15-16-14(7-3-11)8-4-12/h13,16H,1-9H2. The van der Waals surface area contributed by atoms with E-state index in [2.05, 4.69) is 9.99 Å². The maximum absolute atomic E-state index is 5.67. The molecule has 0 radical (unpaired) electrons. The lowest BCUT2D eigenvalue weighted by molar-refractivity contribution is 0.319. The van der Waals surface area contributed by atoms with Crippen LogP contribution in [0.15, 0.2) is 0 Å². The molecule has 0 heterocycles. The predicted molar refractivity (Wildman–Crippen MR) is 75.5 cm³/mol. The topological polar surface area (TPSA) is 24.5 Å². The fourth-order valence-corrected chi connectivity index (χ4v) is 2.65. The van der Waals surface area contributed by atoms with Crippen molar-refractivity contribution in [1.82, 2.24) is 9.99 Å². The molecule has 1 unspecified atom stereocenters. The number of rotatable bonds is 12. The molecule has 1 atom stereocenters. The van der Waals surface area contributed by atoms with Crippen LogP contribution in [0.2, 0.25) is 0 Å². The average Bonchev–Trinajstić information content (AvgIpc) is 2.28. The maximum atomic E-state index is 5.67. The SMILES string of the molecule is ClCCNCCCOPN(CCCl)CCCl. The number of nitrogens with one attached hydrogen (secondary N) is 1. The van der Waals surface area contributed by atoms with Crippen LogP contribution in [0.1, 0.15) is 6.42 Å². The van der Waals surface area contributed by atoms with E-state index in [-0.39, 0.29) is 0 Å². The van der Waals surface area contributed by atoms with E-state index in [1.807, 2.05) is 0 Å². The van der Waals surface area contributed by atoms with Gasteiger partial charge in [-0.25, -0.2) is 0 Å². The molecule has 0 aromatic carbocycles. The van der Waals surface area contributed by atoms with Gasteiger partial charge < -0.3 is 9.84 Å². The Morgan fingerprint density at radius 3 is 2.25 bits per heavy atom. The Hall–Kier alpha value is 1.18. The van der Waals surface area contributed by atoms with Gasteiger partial charge in [-0.3, -0.25) is 4.67 Å². The van der Waals surface area contributed by atoms with Gasteiger partial charge in [0.15, 0.2) is 0 Å². The van der Waals surface area contributed by atoms with Crippen molar-refractivity contribution in [3.05, 3.63) is 0 Å². The summed E-state index contributed by atoms with van der Waals surface area (Å²) in [5, 5.41) is 3.21. The van der Waals surface area contributed by atoms with Crippen molar-refractivity contribution in [3.8, 4) is 0 Å². The summed E-state index contributed by atoms with van der Waals surface area (Å²) < 4.78 is 7.68. The average molecular weight is 310 g/mol. The van der Waals surface area contributed by atoms with Crippen LogP contribution in [0.3, 0.4) is 0 Å². The number of hydrogen-bond acceptors (Lipinski definition) is 3. The maximum Gasteiger partial charge on any atom is 0.0889 e. The van der Waals surface area contributed by atoms with Crippen molar-refractivity contribution in [2.24, 2.45) is 0 Å². The van der Waals surface area contributed by atoms with Gasteiger partial charge in [0.05, 0.1) is 15.6 Å². The van der Waals surface area contributed by atoms with Crippen molar-refractivity contribution >= 4 is 43.8 Å². The van der Waals surface area contributed by atoms with Gasteiger partial charge in [0.2, 0.25) is 0 Å². The second-order valence-corrected chi connectivity index (χ2v) is 5.33. The summed E-state index contributed by atoms with van der Waals surface area (Å²) >= 11 is 16.9. The Bertz CT molecular complexity index is 140. The summed E-state index contributed by atoms with van der Waals surface area (Å²) in [6, 6.07) is 0. The number of alkyl halides is 3. The highest BCUT2D eigenvalue weighted by Crippen LogP contribution is 2.19. The first-order chi connectivity index (χ1) is 7.85. The molecular formula is C9H20Cl3N2OP. The van der Waals surface area contributed by atoms with Crippen LogP contribution in [-0.2, 0) is 4.52 Å². The summed E-state index contributed by atoms with van der Waals surface area (Å²) in [6.45, 7) is 4.22. The molecule has 0 aliphatic heterocycles. The zero-order valence-corrected chi connectivity index (χ0v) is 12.6. The summed E-state index contributed by atoms with van der Waals surface area (Å²) in [6.07, 6.45) is 0.999. The van der Waals surface area contributed by atoms with E-state index in [0.29, 0.717) is 26.6 Å². The lowest BCUT2D eigenvalue weighted by atomic mass is 10.4. The molecule has 7 heteroatoms. The largest absolute Gasteiger partial charge is 0.346 e. The van der Waals surface area contributed by atoms with E-state index >= 15 is 0 Å². The van der Waals surface area contributed by atoms with Crippen molar-refractivity contribution in [3.63, 3.8) is 0 Å². The minimum absolute atomic E-state index is 0.360. The van der Waals surface area contributed by atoms with Crippen molar-refractivity contribution < 1.29 is 4.52 Å². The Kier molecular flexibility index (Phi) is 15.3. The first-order valence-electron chi connectivity index (χ1n) is 5.36. The number of hydrogen-bond donors (Lipinski definition) is 1. The molecule has 98 valence electrons. The number of nitrogens with zero attached hydrogens (tertiary/aromatic N) is 1. The molecule has 0 saturated heterocycles. The fourth-order valence-electron chi connectivity index (χ4n) is 1.01. The highest BCUT2D eigenvalue weighted by molar-refractivity contribution is 7.29. The van der Waals surface area contributed by atoms with Crippen LogP contribution in [0.5, 0.6) is 0 Å². The van der Waals surface area contributed by atoms with Crippen LogP contribution in [0, 0.1) is 0 Å². The van der Waals surface area contributed by atoms with E-state index in [0.717, 1.165) is 39.2 Å². The molecule has 0 aromatic rings. The highest BCUT2D eigenvalue weighted by Gasteiger charge is 2.03. The third-order valence-electron chi connectivity index (χ3n) is 1.77. The Morgan fingerprint density at radius 1 is 1.00 bits per heavy atom. The van der Waals surface area contributed by atoms with Gasteiger partial charge >= 0.3 is 0 Å². The molecule has 0 aliphatic carbocycles. The zero-order chi connectivity index (χ0) is 12.1. The van der Waals surface area contributed by atoms with Gasteiger partial charge in [-0.1, -0.05) is 0 Å². The molecule has 0 aromatic heterocycles. The Labute approximate surface area is 115 Å². The summed E-state index contributed by atoms with van der Waals surface area (Å²) in [5.74, 6) is 1.89. The molecule has 3 nitrogen and oxygen atoms in total. The monoisotopic (exact) mass is 308 g/mol. The van der Waals surface area contributed by atoms with Gasteiger partial charge in [0.25, 0.3) is 0 Å². The molecule has 0 amide bonds. The number of halogens is 3. The van der Waals surface area contributed by atoms with Gasteiger partial charge in [-0.2, -0.15) is 0 Å². The molecular weight excluding hydrogens is 289 g/mol. The summed E-state index contributed by atoms with van der Waals surface area (Å²) in [7, 11) is 0.360. The molecule has 0 spiro atoms. The zero-order valence-electron chi connectivity index (χ0n) is 9.35. The van der Waals surface area contributed by atoms with Crippen molar-refractivity contribution in [1.29, 1.82) is 0 Å². The summed E-state index contributed by atoms with van der Waals surface area (Å²) in [5.41, 5.74) is 0. The molecule has 16 heavy (non-hydrogen) atoms. The lowest BCUT2D eigenvalue weighted by Gasteiger charge is -2.18. The third kappa shape index (κ3) is 11.7. The second kappa shape index (κ2) is 14.2. The van der Waals surface area contributed by atoms with Crippen LogP contribution in [0.25, 0.3) is 0 Å². The smallest absolute Gasteiger partial charge is 0.0889 e. The van der Waals surface area contributed by atoms with E-state index in [1.165, 1.54) is 0 Å². The Balaban J connectivity index is 3.25. The minimum Gasteiger partial charge on any atom is -0.346 e. The first kappa shape index (κ1) is 17.2. The van der Waals surface area contributed by atoms with E-state index in [4.69, 9.17) is 39.3 Å². The highest BCUT2D eigenvalue weighted by atomic mass is 35.5. The molecule has 0 saturated carbocycles. The van der Waals surface area contributed by atoms with Gasteiger partial charge in [-0.05, 0) is 13.0 Å². The van der Waals surface area contributed by atoms with Gasteiger partial charge in [-0.15, -0.1) is 34.8 Å². The van der Waals surface area contributed by atoms with Crippen LogP contribution < -0.4 is 5.32 Å². The quantitative estimate of drug-likeness (QED) is 0.340. The van der Waals surface area contributed by atoms with Crippen molar-refractivity contribution in [2.45, 2.75) is 6.42 Å². The second-order valence-electron chi connectivity index (χ2n) is 3.10. The van der Waals surface area contributed by atoms with Crippen LogP contribution >= 0.6 is 43.8 Å². The van der Waals surface area contributed by atoms with Gasteiger partial charge in [0.1, 0.15) is 0 Å². The van der Waals surface area contributed by atoms with Crippen molar-refractivity contribution in [2.75, 3.05) is 50.4 Å². The fraction of sp³-hybridized carbons (Fsp3) is 1.00. The van der Waals surface area contributed by atoms with Crippen LogP contribution in [-0.4, -0.2) is 55.1 Å². The lowest BCUT2D eigenvalue weighted by Crippen LogP contribution is -2.21. The summed E-state index contributed by atoms with van der Waals surface area (Å²) in [4.78, 5) is 0. The molecule has 0 bridgehead atoms. The van der Waals surface area contributed by atoms with E-state index < -0.39 is 0 Å². The van der Waals surface area contributed by atoms with E-state index in [9.17, 15) is 0 Å². The van der Waals surface area contributed by atoms with Gasteiger partial charge in [0, 0.05) is 37.3 Å². The predicted octanol–water partition coefficient (Wildman–Crippen LogP) is 2.51. The Morgan fingerprint density at radius 2 is 1.69 bits per heavy atom. The van der Waals surface area contributed by atoms with E-state index in [1.54, 1.807) is 0 Å². The molecule has 0 aliphatic rings. The third-order valence-corrected chi connectivity index (χ3v) is 3.34. The molecule has 0 rings (SSSR count). The minimum atomic E-state index is 0.360. The first-order valence-corrected chi connectivity index (χ1v) is 7.82. The molecule has 0 fully saturated rings. The molecule has 1 N–H and O–H groups in total.